The maximum atomic E-state index is 13.6. The molecule has 34 heavy (non-hydrogen) atoms. The van der Waals surface area contributed by atoms with Crippen molar-refractivity contribution in [2.45, 2.75) is 88.3 Å². The first-order valence-electron chi connectivity index (χ1n) is 12.6. The van der Waals surface area contributed by atoms with Gasteiger partial charge in [-0.3, -0.25) is 9.59 Å². The zero-order valence-electron chi connectivity index (χ0n) is 20.2. The number of unbranched alkanes of at least 4 members (excludes halogenated alkanes) is 1. The molecule has 1 spiro atoms. The van der Waals surface area contributed by atoms with E-state index in [0.29, 0.717) is 51.7 Å². The molecule has 3 aliphatic rings. The summed E-state index contributed by atoms with van der Waals surface area (Å²) in [6, 6.07) is 9.18. The fourth-order valence-electron chi connectivity index (χ4n) is 5.62. The van der Waals surface area contributed by atoms with Crippen LogP contribution in [0.4, 0.5) is 5.69 Å². The molecule has 0 bridgehead atoms. The highest BCUT2D eigenvalue weighted by Gasteiger charge is 2.54. The van der Waals surface area contributed by atoms with Gasteiger partial charge in [0.1, 0.15) is 11.6 Å². The van der Waals surface area contributed by atoms with Gasteiger partial charge in [0.25, 0.3) is 0 Å². The number of halogens is 1. The van der Waals surface area contributed by atoms with Crippen molar-refractivity contribution in [1.82, 2.24) is 15.1 Å². The molecule has 1 aliphatic carbocycles. The first kappa shape index (κ1) is 26.5. The highest BCUT2D eigenvalue weighted by atomic mass is 35.5. The van der Waals surface area contributed by atoms with Crippen LogP contribution in [0.3, 0.4) is 0 Å². The van der Waals surface area contributed by atoms with Gasteiger partial charge in [-0.2, -0.15) is 0 Å². The summed E-state index contributed by atoms with van der Waals surface area (Å²) in [6.45, 7) is 4.05. The summed E-state index contributed by atoms with van der Waals surface area (Å²) < 4.78 is 0. The molecule has 3 fully saturated rings. The van der Waals surface area contributed by atoms with Crippen LogP contribution in [0, 0.1) is 0 Å². The third-order valence-corrected chi connectivity index (χ3v) is 7.66. The third-order valence-electron chi connectivity index (χ3n) is 7.66. The van der Waals surface area contributed by atoms with E-state index in [1.165, 1.54) is 0 Å². The molecule has 1 atom stereocenters. The van der Waals surface area contributed by atoms with Gasteiger partial charge in [-0.15, -0.1) is 12.4 Å². The number of piperazine rings is 1. The molecular formula is C26H39ClN4O3. The lowest BCUT2D eigenvalue weighted by Crippen LogP contribution is -2.73. The molecule has 2 aliphatic heterocycles. The average Bonchev–Trinajstić information content (AvgIpc) is 2.83. The van der Waals surface area contributed by atoms with Crippen LogP contribution in [0.5, 0.6) is 0 Å². The van der Waals surface area contributed by atoms with E-state index in [0.717, 1.165) is 37.8 Å². The van der Waals surface area contributed by atoms with E-state index in [1.807, 2.05) is 41.6 Å². The van der Waals surface area contributed by atoms with Crippen LogP contribution in [0.1, 0.15) is 71.1 Å². The first-order chi connectivity index (χ1) is 16.0. The monoisotopic (exact) mass is 490 g/mol. The van der Waals surface area contributed by atoms with Crippen molar-refractivity contribution in [3.8, 4) is 0 Å². The predicted octanol–water partition coefficient (Wildman–Crippen LogP) is 3.82. The van der Waals surface area contributed by atoms with Gasteiger partial charge in [0, 0.05) is 26.1 Å². The lowest BCUT2D eigenvalue weighted by Gasteiger charge is -2.52. The number of para-hydroxylation sites is 1. The van der Waals surface area contributed by atoms with Gasteiger partial charge in [-0.1, -0.05) is 50.8 Å². The molecule has 0 unspecified atom stereocenters. The lowest BCUT2D eigenvalue weighted by atomic mass is 9.77. The van der Waals surface area contributed by atoms with Crippen molar-refractivity contribution in [2.75, 3.05) is 19.6 Å². The molecule has 7 nitrogen and oxygen atoms in total. The smallest absolute Gasteiger partial charge is 0.246 e. The maximum absolute atomic E-state index is 13.6. The highest BCUT2D eigenvalue weighted by molar-refractivity contribution is 6.00. The fraction of sp³-hybridized carbons (Fsp3) is 0.654. The van der Waals surface area contributed by atoms with Crippen molar-refractivity contribution >= 4 is 36.2 Å². The summed E-state index contributed by atoms with van der Waals surface area (Å²) in [4.78, 5) is 35.6. The Labute approximate surface area is 209 Å². The third kappa shape index (κ3) is 5.74. The van der Waals surface area contributed by atoms with Gasteiger partial charge in [0.05, 0.1) is 17.6 Å². The summed E-state index contributed by atoms with van der Waals surface area (Å²) in [5.74, 6) is -0.0734. The van der Waals surface area contributed by atoms with E-state index in [9.17, 15) is 14.7 Å². The SMILES string of the molecule is CCCCN1C(=O)[C@@H](CC2(O)CCCCC2)NC(=O)C12CCN(C=Nc1ccccc1)CC2.Cl. The fourth-order valence-corrected chi connectivity index (χ4v) is 5.62. The number of aliphatic hydroxyl groups is 1. The van der Waals surface area contributed by atoms with Crippen LogP contribution < -0.4 is 5.32 Å². The topological polar surface area (TPSA) is 85.2 Å². The number of likely N-dealkylation sites (tertiary alicyclic amines) is 1. The molecule has 2 heterocycles. The van der Waals surface area contributed by atoms with Crippen LogP contribution in [-0.2, 0) is 9.59 Å². The largest absolute Gasteiger partial charge is 0.390 e. The second-order valence-corrected chi connectivity index (χ2v) is 10.0. The van der Waals surface area contributed by atoms with Gasteiger partial charge < -0.3 is 20.2 Å². The Kier molecular flexibility index (Phi) is 8.99. The van der Waals surface area contributed by atoms with Crippen LogP contribution in [0.25, 0.3) is 0 Å². The highest BCUT2D eigenvalue weighted by Crippen LogP contribution is 2.37. The zero-order valence-corrected chi connectivity index (χ0v) is 21.1. The van der Waals surface area contributed by atoms with Crippen LogP contribution in [0.2, 0.25) is 0 Å². The van der Waals surface area contributed by atoms with Gasteiger partial charge in [-0.25, -0.2) is 4.99 Å². The number of carbonyl (C=O) groups excluding carboxylic acids is 2. The maximum Gasteiger partial charge on any atom is 0.246 e. The van der Waals surface area contributed by atoms with Gasteiger partial charge in [0.15, 0.2) is 0 Å². The molecule has 2 N–H and O–H groups in total. The molecule has 2 saturated heterocycles. The molecule has 0 radical (unpaired) electrons. The number of carbonyl (C=O) groups is 2. The average molecular weight is 491 g/mol. The molecule has 1 aromatic rings. The van der Waals surface area contributed by atoms with E-state index in [-0.39, 0.29) is 24.2 Å². The molecule has 4 rings (SSSR count). The number of hydrogen-bond donors (Lipinski definition) is 2. The number of benzene rings is 1. The summed E-state index contributed by atoms with van der Waals surface area (Å²) >= 11 is 0. The van der Waals surface area contributed by atoms with Crippen LogP contribution >= 0.6 is 12.4 Å². The number of aliphatic imine (C=N–C) groups is 1. The van der Waals surface area contributed by atoms with Gasteiger partial charge >= 0.3 is 0 Å². The molecule has 1 aromatic carbocycles. The number of hydrogen-bond acceptors (Lipinski definition) is 4. The zero-order chi connectivity index (χ0) is 23.3. The summed E-state index contributed by atoms with van der Waals surface area (Å²) in [5, 5.41) is 14.1. The first-order valence-corrected chi connectivity index (χ1v) is 12.6. The lowest BCUT2D eigenvalue weighted by molar-refractivity contribution is -0.163. The van der Waals surface area contributed by atoms with E-state index in [2.05, 4.69) is 22.1 Å². The van der Waals surface area contributed by atoms with Crippen LogP contribution in [0.15, 0.2) is 35.3 Å². The minimum Gasteiger partial charge on any atom is -0.390 e. The second-order valence-electron chi connectivity index (χ2n) is 10.0. The number of piperidine rings is 1. The van der Waals surface area contributed by atoms with Crippen molar-refractivity contribution in [2.24, 2.45) is 4.99 Å². The van der Waals surface area contributed by atoms with Gasteiger partial charge in [0.2, 0.25) is 11.8 Å². The Bertz CT molecular complexity index is 849. The van der Waals surface area contributed by atoms with Crippen molar-refractivity contribution < 1.29 is 14.7 Å². The minimum absolute atomic E-state index is 0. The number of rotatable bonds is 7. The molecule has 8 heteroatoms. The van der Waals surface area contributed by atoms with Crippen molar-refractivity contribution in [3.63, 3.8) is 0 Å². The van der Waals surface area contributed by atoms with Crippen molar-refractivity contribution in [1.29, 1.82) is 0 Å². The van der Waals surface area contributed by atoms with E-state index < -0.39 is 17.2 Å². The standard InChI is InChI=1S/C26H38N4O3.ClH/c1-2-3-16-30-23(31)22(19-25(33)12-8-5-9-13-25)28-24(32)26(30)14-17-29(18-15-26)20-27-21-10-6-4-7-11-21;/h4,6-7,10-11,20,22,33H,2-3,5,8-9,12-19H2,1H3,(H,28,32);1H/t22-;/m1./s1. The van der Waals surface area contributed by atoms with E-state index >= 15 is 0 Å². The quantitative estimate of drug-likeness (QED) is 0.449. The Balaban J connectivity index is 0.00000324. The predicted molar refractivity (Wildman–Crippen MR) is 137 cm³/mol. The molecule has 2 amide bonds. The second kappa shape index (κ2) is 11.5. The number of amides is 2. The number of nitrogens with zero attached hydrogens (tertiary/aromatic N) is 3. The molecule has 0 aromatic heterocycles. The van der Waals surface area contributed by atoms with Crippen molar-refractivity contribution in [3.05, 3.63) is 30.3 Å². The minimum atomic E-state index is -0.843. The number of nitrogens with one attached hydrogen (secondary N) is 1. The van der Waals surface area contributed by atoms with Crippen LogP contribution in [-0.4, -0.2) is 69.9 Å². The molecular weight excluding hydrogens is 452 g/mol. The van der Waals surface area contributed by atoms with E-state index in [4.69, 9.17) is 0 Å². The molecule has 188 valence electrons. The Morgan fingerprint density at radius 1 is 1.09 bits per heavy atom. The normalized spacial score (nSPS) is 24.2. The summed E-state index contributed by atoms with van der Waals surface area (Å²) in [7, 11) is 0. The Morgan fingerprint density at radius 3 is 2.41 bits per heavy atom. The summed E-state index contributed by atoms with van der Waals surface area (Å²) in [5.41, 5.74) is -0.740. The molecule has 1 saturated carbocycles. The summed E-state index contributed by atoms with van der Waals surface area (Å²) in [6.07, 6.45) is 9.70. The Morgan fingerprint density at radius 2 is 1.76 bits per heavy atom. The Hall–Kier alpha value is -2.12. The van der Waals surface area contributed by atoms with E-state index in [1.54, 1.807) is 0 Å². The van der Waals surface area contributed by atoms with Gasteiger partial charge in [-0.05, 0) is 44.2 Å².